The van der Waals surface area contributed by atoms with Gasteiger partial charge in [0, 0.05) is 19.8 Å². The molecule has 1 N–H and O–H groups in total. The van der Waals surface area contributed by atoms with E-state index >= 15 is 0 Å². The lowest BCUT2D eigenvalue weighted by Crippen LogP contribution is -2.27. The first kappa shape index (κ1) is 17.1. The minimum absolute atomic E-state index is 0.0787. The zero-order valence-electron chi connectivity index (χ0n) is 11.1. The summed E-state index contributed by atoms with van der Waals surface area (Å²) < 4.78 is 40.1. The Labute approximate surface area is 123 Å². The summed E-state index contributed by atoms with van der Waals surface area (Å²) in [5.74, 6) is -1.22. The SMILES string of the molecule is CN(C)C(=O)Nc1ccc(Cl)c(C(=O)OCC(F)(F)F)c1. The van der Waals surface area contributed by atoms with Crippen molar-refractivity contribution in [2.75, 3.05) is 26.0 Å². The van der Waals surface area contributed by atoms with Crippen molar-refractivity contribution in [1.82, 2.24) is 4.90 Å². The number of alkyl halides is 3. The largest absolute Gasteiger partial charge is 0.452 e. The predicted octanol–water partition coefficient (Wildman–Crippen LogP) is 3.15. The highest BCUT2D eigenvalue weighted by Gasteiger charge is 2.30. The van der Waals surface area contributed by atoms with Gasteiger partial charge in [0.1, 0.15) is 0 Å². The number of nitrogens with zero attached hydrogens (tertiary/aromatic N) is 1. The summed E-state index contributed by atoms with van der Waals surface area (Å²) in [6, 6.07) is 3.36. The Kier molecular flexibility index (Phi) is 5.42. The maximum absolute atomic E-state index is 12.0. The predicted molar refractivity (Wildman–Crippen MR) is 70.5 cm³/mol. The molecule has 0 fully saturated rings. The molecule has 2 amide bonds. The number of amides is 2. The number of ether oxygens (including phenoxy) is 1. The standard InChI is InChI=1S/C12H12ClF3N2O3/c1-18(2)11(20)17-7-3-4-9(13)8(5-7)10(19)21-6-12(14,15)16/h3-5H,6H2,1-2H3,(H,17,20). The molecule has 0 aromatic heterocycles. The van der Waals surface area contributed by atoms with E-state index in [1.807, 2.05) is 0 Å². The normalized spacial score (nSPS) is 11.0. The molecule has 0 bridgehead atoms. The first-order chi connectivity index (χ1) is 9.60. The number of urea groups is 1. The molecule has 9 heteroatoms. The summed E-state index contributed by atoms with van der Waals surface area (Å²) in [6.45, 7) is -1.71. The first-order valence-electron chi connectivity index (χ1n) is 5.62. The van der Waals surface area contributed by atoms with E-state index in [1.165, 1.54) is 31.1 Å². The number of rotatable bonds is 3. The van der Waals surface area contributed by atoms with Gasteiger partial charge in [-0.1, -0.05) is 11.6 Å². The number of nitrogens with one attached hydrogen (secondary N) is 1. The maximum atomic E-state index is 12.0. The summed E-state index contributed by atoms with van der Waals surface area (Å²) in [6.07, 6.45) is -4.63. The Bertz CT molecular complexity index is 547. The van der Waals surface area contributed by atoms with Gasteiger partial charge in [-0.25, -0.2) is 9.59 Å². The first-order valence-corrected chi connectivity index (χ1v) is 5.99. The Morgan fingerprint density at radius 3 is 2.48 bits per heavy atom. The second kappa shape index (κ2) is 6.66. The molecular weight excluding hydrogens is 313 g/mol. The summed E-state index contributed by atoms with van der Waals surface area (Å²) >= 11 is 5.73. The summed E-state index contributed by atoms with van der Waals surface area (Å²) in [5, 5.41) is 2.36. The average Bonchev–Trinajstić information content (AvgIpc) is 2.37. The third-order valence-corrected chi connectivity index (χ3v) is 2.54. The fraction of sp³-hybridized carbons (Fsp3) is 0.333. The average molecular weight is 325 g/mol. The lowest BCUT2D eigenvalue weighted by Gasteiger charge is -2.13. The molecule has 0 aliphatic heterocycles. The molecule has 1 aromatic rings. The molecule has 1 aromatic carbocycles. The van der Waals surface area contributed by atoms with Crippen molar-refractivity contribution in [1.29, 1.82) is 0 Å². The summed E-state index contributed by atoms with van der Waals surface area (Å²) in [4.78, 5) is 24.3. The maximum Gasteiger partial charge on any atom is 0.422 e. The second-order valence-electron chi connectivity index (χ2n) is 4.21. The fourth-order valence-corrected chi connectivity index (χ4v) is 1.41. The van der Waals surface area contributed by atoms with Crippen molar-refractivity contribution >= 4 is 29.3 Å². The number of carbonyl (C=O) groups excluding carboxylic acids is 2. The van der Waals surface area contributed by atoms with Crippen LogP contribution < -0.4 is 5.32 Å². The van der Waals surface area contributed by atoms with Gasteiger partial charge in [-0.15, -0.1) is 0 Å². The van der Waals surface area contributed by atoms with Gasteiger partial charge in [0.05, 0.1) is 10.6 Å². The number of carbonyl (C=O) groups is 2. The molecule has 0 spiro atoms. The zero-order valence-corrected chi connectivity index (χ0v) is 11.9. The quantitative estimate of drug-likeness (QED) is 0.869. The van der Waals surface area contributed by atoms with Crippen LogP contribution in [0.15, 0.2) is 18.2 Å². The van der Waals surface area contributed by atoms with Gasteiger partial charge >= 0.3 is 18.2 Å². The molecule has 116 valence electrons. The van der Waals surface area contributed by atoms with E-state index in [0.29, 0.717) is 0 Å². The molecule has 21 heavy (non-hydrogen) atoms. The minimum atomic E-state index is -4.63. The highest BCUT2D eigenvalue weighted by molar-refractivity contribution is 6.33. The summed E-state index contributed by atoms with van der Waals surface area (Å²) in [5.41, 5.74) is -0.0606. The van der Waals surface area contributed by atoms with Gasteiger partial charge in [-0.3, -0.25) is 0 Å². The van der Waals surface area contributed by atoms with Crippen molar-refractivity contribution in [2.24, 2.45) is 0 Å². The van der Waals surface area contributed by atoms with Crippen LogP contribution in [-0.2, 0) is 4.74 Å². The van der Waals surface area contributed by atoms with E-state index in [9.17, 15) is 22.8 Å². The van der Waals surface area contributed by atoms with Crippen molar-refractivity contribution in [2.45, 2.75) is 6.18 Å². The van der Waals surface area contributed by atoms with E-state index < -0.39 is 24.8 Å². The van der Waals surface area contributed by atoms with Crippen LogP contribution in [0.2, 0.25) is 5.02 Å². The van der Waals surface area contributed by atoms with E-state index in [-0.39, 0.29) is 16.3 Å². The van der Waals surface area contributed by atoms with Crippen molar-refractivity contribution in [3.63, 3.8) is 0 Å². The minimum Gasteiger partial charge on any atom is -0.452 e. The molecule has 0 atom stereocenters. The number of benzene rings is 1. The zero-order chi connectivity index (χ0) is 16.2. The van der Waals surface area contributed by atoms with Gasteiger partial charge in [0.15, 0.2) is 6.61 Å². The van der Waals surface area contributed by atoms with Crippen LogP contribution in [0.5, 0.6) is 0 Å². The van der Waals surface area contributed by atoms with Crippen LogP contribution in [0.25, 0.3) is 0 Å². The third-order valence-electron chi connectivity index (χ3n) is 2.21. The molecular formula is C12H12ClF3N2O3. The highest BCUT2D eigenvalue weighted by Crippen LogP contribution is 2.23. The van der Waals surface area contributed by atoms with Crippen molar-refractivity contribution in [3.05, 3.63) is 28.8 Å². The number of esters is 1. The number of hydrogen-bond donors (Lipinski definition) is 1. The second-order valence-corrected chi connectivity index (χ2v) is 4.62. The van der Waals surface area contributed by atoms with Gasteiger partial charge in [-0.2, -0.15) is 13.2 Å². The molecule has 0 saturated carbocycles. The van der Waals surface area contributed by atoms with E-state index in [4.69, 9.17) is 11.6 Å². The summed E-state index contributed by atoms with van der Waals surface area (Å²) in [7, 11) is 3.01. The number of hydrogen-bond acceptors (Lipinski definition) is 3. The smallest absolute Gasteiger partial charge is 0.422 e. The highest BCUT2D eigenvalue weighted by atomic mass is 35.5. The Hall–Kier alpha value is -1.96. The van der Waals surface area contributed by atoms with Crippen LogP contribution in [-0.4, -0.2) is 43.8 Å². The Morgan fingerprint density at radius 1 is 1.33 bits per heavy atom. The molecule has 0 radical (unpaired) electrons. The monoisotopic (exact) mass is 324 g/mol. The third kappa shape index (κ3) is 5.50. The van der Waals surface area contributed by atoms with Crippen LogP contribution in [0.3, 0.4) is 0 Å². The lowest BCUT2D eigenvalue weighted by atomic mass is 10.2. The molecule has 5 nitrogen and oxygen atoms in total. The fourth-order valence-electron chi connectivity index (χ4n) is 1.22. The lowest BCUT2D eigenvalue weighted by molar-refractivity contribution is -0.161. The topological polar surface area (TPSA) is 58.6 Å². The molecule has 0 aliphatic rings. The van der Waals surface area contributed by atoms with Crippen molar-refractivity contribution < 1.29 is 27.5 Å². The van der Waals surface area contributed by atoms with E-state index in [1.54, 1.807) is 0 Å². The van der Waals surface area contributed by atoms with Crippen molar-refractivity contribution in [3.8, 4) is 0 Å². The number of halogens is 4. The number of anilines is 1. The molecule has 1 rings (SSSR count). The van der Waals surface area contributed by atoms with Crippen LogP contribution >= 0.6 is 11.6 Å². The van der Waals surface area contributed by atoms with Gasteiger partial charge < -0.3 is 15.0 Å². The van der Waals surface area contributed by atoms with Crippen LogP contribution in [0, 0.1) is 0 Å². The van der Waals surface area contributed by atoms with E-state index in [2.05, 4.69) is 10.1 Å². The Balaban J connectivity index is 2.87. The molecule has 0 unspecified atom stereocenters. The van der Waals surface area contributed by atoms with Gasteiger partial charge in [-0.05, 0) is 18.2 Å². The van der Waals surface area contributed by atoms with Crippen LogP contribution in [0.4, 0.5) is 23.7 Å². The van der Waals surface area contributed by atoms with Crippen LogP contribution in [0.1, 0.15) is 10.4 Å². The molecule has 0 aliphatic carbocycles. The molecule has 0 saturated heterocycles. The van der Waals surface area contributed by atoms with Gasteiger partial charge in [0.25, 0.3) is 0 Å². The van der Waals surface area contributed by atoms with E-state index in [0.717, 1.165) is 6.07 Å². The van der Waals surface area contributed by atoms with Gasteiger partial charge in [0.2, 0.25) is 0 Å². The Morgan fingerprint density at radius 2 is 1.95 bits per heavy atom. The molecule has 0 heterocycles.